The van der Waals surface area contributed by atoms with Crippen LogP contribution in [0.3, 0.4) is 0 Å². The van der Waals surface area contributed by atoms with Crippen LogP contribution in [-0.4, -0.2) is 35.8 Å². The lowest BCUT2D eigenvalue weighted by atomic mass is 9.93. The molecule has 0 aliphatic carbocycles. The van der Waals surface area contributed by atoms with E-state index in [2.05, 4.69) is 0 Å². The van der Waals surface area contributed by atoms with Crippen LogP contribution in [0.15, 0.2) is 48.5 Å². The molecule has 5 heteroatoms. The second-order valence-electron chi connectivity index (χ2n) is 6.72. The molecule has 2 amide bonds. The van der Waals surface area contributed by atoms with Crippen molar-refractivity contribution >= 4 is 17.5 Å². The molecule has 2 aromatic rings. The molecule has 1 aliphatic rings. The van der Waals surface area contributed by atoms with E-state index in [-0.39, 0.29) is 18.4 Å². The summed E-state index contributed by atoms with van der Waals surface area (Å²) in [5.41, 5.74) is 9.87. The molecular weight excluding hydrogens is 326 g/mol. The minimum atomic E-state index is -0.454. The summed E-state index contributed by atoms with van der Waals surface area (Å²) < 4.78 is 0. The Bertz CT molecular complexity index is 818. The number of anilines is 1. The van der Waals surface area contributed by atoms with Crippen LogP contribution in [-0.2, 0) is 22.6 Å². The standard InChI is InChI=1S/C21H25N3O2/c1-3-24(18-11-7-4-8-15(18)2)20(25)14-23-13-17-10-6-5-9-16(17)12-19(23)21(22)26/h4-11,19H,3,12-14H2,1-2H3,(H2,22,26)/t19-/m0/s1. The van der Waals surface area contributed by atoms with Crippen molar-refractivity contribution in [3.05, 3.63) is 65.2 Å². The molecule has 1 aliphatic heterocycles. The molecule has 0 fully saturated rings. The monoisotopic (exact) mass is 351 g/mol. The second-order valence-corrected chi connectivity index (χ2v) is 6.72. The average Bonchev–Trinajstić information content (AvgIpc) is 2.63. The second kappa shape index (κ2) is 7.70. The van der Waals surface area contributed by atoms with Gasteiger partial charge in [0, 0.05) is 18.8 Å². The van der Waals surface area contributed by atoms with E-state index in [9.17, 15) is 9.59 Å². The predicted octanol–water partition coefficient (Wildman–Crippen LogP) is 2.26. The van der Waals surface area contributed by atoms with Crippen LogP contribution in [0.1, 0.15) is 23.6 Å². The highest BCUT2D eigenvalue weighted by Crippen LogP contribution is 2.24. The maximum absolute atomic E-state index is 13.0. The van der Waals surface area contributed by atoms with Crippen molar-refractivity contribution in [2.75, 3.05) is 18.0 Å². The first kappa shape index (κ1) is 18.1. The van der Waals surface area contributed by atoms with Crippen LogP contribution < -0.4 is 10.6 Å². The van der Waals surface area contributed by atoms with Gasteiger partial charge in [-0.2, -0.15) is 0 Å². The van der Waals surface area contributed by atoms with Gasteiger partial charge >= 0.3 is 0 Å². The summed E-state index contributed by atoms with van der Waals surface area (Å²) in [4.78, 5) is 28.7. The zero-order valence-electron chi connectivity index (χ0n) is 15.3. The number of likely N-dealkylation sites (N-methyl/N-ethyl adjacent to an activating group) is 1. The number of amides is 2. The molecule has 0 saturated heterocycles. The smallest absolute Gasteiger partial charge is 0.241 e. The summed E-state index contributed by atoms with van der Waals surface area (Å²) in [5.74, 6) is -0.404. The third-order valence-electron chi connectivity index (χ3n) is 5.04. The largest absolute Gasteiger partial charge is 0.368 e. The van der Waals surface area contributed by atoms with E-state index in [1.807, 2.05) is 67.3 Å². The molecule has 136 valence electrons. The molecule has 26 heavy (non-hydrogen) atoms. The fourth-order valence-corrected chi connectivity index (χ4v) is 3.63. The van der Waals surface area contributed by atoms with Gasteiger partial charge in [-0.25, -0.2) is 0 Å². The van der Waals surface area contributed by atoms with E-state index in [0.717, 1.165) is 22.4 Å². The Hall–Kier alpha value is -2.66. The number of aryl methyl sites for hydroxylation is 1. The quantitative estimate of drug-likeness (QED) is 0.898. The number of carbonyl (C=O) groups excluding carboxylic acids is 2. The van der Waals surface area contributed by atoms with Crippen molar-refractivity contribution in [2.45, 2.75) is 32.9 Å². The number of primary amides is 1. The number of nitrogens with zero attached hydrogens (tertiary/aromatic N) is 2. The van der Waals surface area contributed by atoms with Gasteiger partial charge < -0.3 is 10.6 Å². The summed E-state index contributed by atoms with van der Waals surface area (Å²) in [5, 5.41) is 0. The Kier molecular flexibility index (Phi) is 5.38. The van der Waals surface area contributed by atoms with E-state index < -0.39 is 6.04 Å². The minimum absolute atomic E-state index is 0.0209. The zero-order valence-corrected chi connectivity index (χ0v) is 15.3. The molecule has 0 unspecified atom stereocenters. The van der Waals surface area contributed by atoms with Gasteiger partial charge in [0.1, 0.15) is 0 Å². The number of hydrogen-bond donors (Lipinski definition) is 1. The van der Waals surface area contributed by atoms with Crippen molar-refractivity contribution in [3.8, 4) is 0 Å². The lowest BCUT2D eigenvalue weighted by Crippen LogP contribution is -2.52. The Morgan fingerprint density at radius 3 is 2.42 bits per heavy atom. The maximum Gasteiger partial charge on any atom is 0.241 e. The van der Waals surface area contributed by atoms with E-state index >= 15 is 0 Å². The van der Waals surface area contributed by atoms with Crippen molar-refractivity contribution in [2.24, 2.45) is 5.73 Å². The van der Waals surface area contributed by atoms with Gasteiger partial charge in [0.05, 0.1) is 12.6 Å². The van der Waals surface area contributed by atoms with Crippen LogP contribution in [0.2, 0.25) is 0 Å². The van der Waals surface area contributed by atoms with Crippen molar-refractivity contribution in [3.63, 3.8) is 0 Å². The summed E-state index contributed by atoms with van der Waals surface area (Å²) in [6.45, 7) is 5.26. The SMILES string of the molecule is CCN(C(=O)CN1Cc2ccccc2C[C@H]1C(N)=O)c1ccccc1C. The van der Waals surface area contributed by atoms with Gasteiger partial charge in [0.15, 0.2) is 0 Å². The number of nitrogens with two attached hydrogens (primary N) is 1. The minimum Gasteiger partial charge on any atom is -0.368 e. The summed E-state index contributed by atoms with van der Waals surface area (Å²) in [6.07, 6.45) is 0.551. The Morgan fingerprint density at radius 1 is 1.12 bits per heavy atom. The number of carbonyl (C=O) groups is 2. The van der Waals surface area contributed by atoms with Crippen LogP contribution in [0, 0.1) is 6.92 Å². The molecule has 0 spiro atoms. The molecule has 0 bridgehead atoms. The molecule has 0 aromatic heterocycles. The Balaban J connectivity index is 1.82. The van der Waals surface area contributed by atoms with E-state index in [1.54, 1.807) is 4.90 Å². The van der Waals surface area contributed by atoms with Crippen LogP contribution in [0.25, 0.3) is 0 Å². The highest BCUT2D eigenvalue weighted by molar-refractivity contribution is 5.96. The zero-order chi connectivity index (χ0) is 18.7. The highest BCUT2D eigenvalue weighted by atomic mass is 16.2. The first-order valence-corrected chi connectivity index (χ1v) is 8.97. The lowest BCUT2D eigenvalue weighted by molar-refractivity contribution is -0.126. The van der Waals surface area contributed by atoms with Gasteiger partial charge in [-0.3, -0.25) is 14.5 Å². The summed E-state index contributed by atoms with van der Waals surface area (Å²) in [6, 6.07) is 15.4. The Labute approximate surface area is 154 Å². The molecule has 2 aromatic carbocycles. The number of hydrogen-bond acceptors (Lipinski definition) is 3. The third kappa shape index (κ3) is 3.63. The van der Waals surface area contributed by atoms with E-state index in [1.165, 1.54) is 0 Å². The van der Waals surface area contributed by atoms with Gasteiger partial charge in [0.2, 0.25) is 11.8 Å². The first-order valence-electron chi connectivity index (χ1n) is 8.97. The fraction of sp³-hybridized carbons (Fsp3) is 0.333. The fourth-order valence-electron chi connectivity index (χ4n) is 3.63. The van der Waals surface area contributed by atoms with Crippen molar-refractivity contribution in [1.29, 1.82) is 0 Å². The number of para-hydroxylation sites is 1. The van der Waals surface area contributed by atoms with Crippen molar-refractivity contribution in [1.82, 2.24) is 4.90 Å². The van der Waals surface area contributed by atoms with Gasteiger partial charge in [-0.15, -0.1) is 0 Å². The summed E-state index contributed by atoms with van der Waals surface area (Å²) >= 11 is 0. The predicted molar refractivity (Wildman–Crippen MR) is 103 cm³/mol. The van der Waals surface area contributed by atoms with Crippen LogP contribution >= 0.6 is 0 Å². The summed E-state index contributed by atoms with van der Waals surface area (Å²) in [7, 11) is 0. The van der Waals surface area contributed by atoms with Gasteiger partial charge in [-0.1, -0.05) is 42.5 Å². The molecule has 0 radical (unpaired) electrons. The normalized spacial score (nSPS) is 16.8. The molecular formula is C21H25N3O2. The van der Waals surface area contributed by atoms with Crippen LogP contribution in [0.4, 0.5) is 5.69 Å². The van der Waals surface area contributed by atoms with Crippen LogP contribution in [0.5, 0.6) is 0 Å². The maximum atomic E-state index is 13.0. The number of fused-ring (bicyclic) bond motifs is 1. The van der Waals surface area contributed by atoms with E-state index in [4.69, 9.17) is 5.73 Å². The molecule has 1 atom stereocenters. The van der Waals surface area contributed by atoms with Crippen molar-refractivity contribution < 1.29 is 9.59 Å². The number of rotatable bonds is 5. The third-order valence-corrected chi connectivity index (χ3v) is 5.04. The van der Waals surface area contributed by atoms with Gasteiger partial charge in [-0.05, 0) is 43.0 Å². The molecule has 0 saturated carbocycles. The molecule has 5 nitrogen and oxygen atoms in total. The Morgan fingerprint density at radius 2 is 1.77 bits per heavy atom. The van der Waals surface area contributed by atoms with E-state index in [0.29, 0.717) is 19.5 Å². The first-order chi connectivity index (χ1) is 12.5. The average molecular weight is 351 g/mol. The van der Waals surface area contributed by atoms with Gasteiger partial charge in [0.25, 0.3) is 0 Å². The molecule has 1 heterocycles. The lowest BCUT2D eigenvalue weighted by Gasteiger charge is -2.36. The molecule has 2 N–H and O–H groups in total. The highest BCUT2D eigenvalue weighted by Gasteiger charge is 2.32. The topological polar surface area (TPSA) is 66.6 Å². The number of benzene rings is 2. The molecule has 3 rings (SSSR count).